The van der Waals surface area contributed by atoms with Crippen LogP contribution in [-0.4, -0.2) is 11.7 Å². The molecule has 0 heterocycles. The van der Waals surface area contributed by atoms with Crippen LogP contribution in [-0.2, 0) is 0 Å². The van der Waals surface area contributed by atoms with Crippen molar-refractivity contribution in [1.82, 2.24) is 0 Å². The van der Waals surface area contributed by atoms with E-state index in [1.165, 1.54) is 56.0 Å². The van der Waals surface area contributed by atoms with Crippen molar-refractivity contribution < 1.29 is 12.4 Å². The van der Waals surface area contributed by atoms with Crippen LogP contribution >= 0.6 is 44.1 Å². The van der Waals surface area contributed by atoms with Crippen LogP contribution in [0.15, 0.2) is 164 Å². The van der Waals surface area contributed by atoms with Crippen LogP contribution in [0.25, 0.3) is 33.4 Å². The summed E-state index contributed by atoms with van der Waals surface area (Å²) < 4.78 is 0. The van der Waals surface area contributed by atoms with E-state index in [2.05, 4.69) is 164 Å². The van der Waals surface area contributed by atoms with Gasteiger partial charge >= 0.3 is 55.8 Å². The first-order valence-corrected chi connectivity index (χ1v) is 29.7. The third-order valence-electron chi connectivity index (χ3n) is 6.84. The predicted molar refractivity (Wildman–Crippen MR) is 191 cm³/mol. The second-order valence-corrected chi connectivity index (χ2v) is 47.8. The molecule has 6 rings (SSSR count). The van der Waals surface area contributed by atoms with Crippen LogP contribution in [0.1, 0.15) is 16.7 Å². The van der Waals surface area contributed by atoms with Crippen LogP contribution in [0.5, 0.6) is 0 Å². The van der Waals surface area contributed by atoms with Crippen molar-refractivity contribution in [2.75, 3.05) is 0 Å². The Labute approximate surface area is 285 Å². The van der Waals surface area contributed by atoms with E-state index in [4.69, 9.17) is 44.1 Å². The van der Waals surface area contributed by atoms with Gasteiger partial charge in [-0.3, -0.25) is 0 Å². The molecular weight excluding hydrogens is 779 g/mol. The minimum atomic E-state index is -4.33. The summed E-state index contributed by atoms with van der Waals surface area (Å²) in [6, 6.07) is 58.4. The van der Waals surface area contributed by atoms with Crippen LogP contribution in [0, 0.1) is 5.92 Å². The van der Waals surface area contributed by atoms with Gasteiger partial charge in [-0.05, 0) is 106 Å². The molecule has 0 saturated carbocycles. The van der Waals surface area contributed by atoms with Crippen molar-refractivity contribution in [3.05, 3.63) is 186 Å². The first-order chi connectivity index (χ1) is 20.6. The van der Waals surface area contributed by atoms with Gasteiger partial charge in [-0.25, -0.2) is 0 Å². The Morgan fingerprint density at radius 1 is 0.295 bits per heavy atom. The first-order valence-electron chi connectivity index (χ1n) is 13.5. The molecule has 0 aromatic heterocycles. The van der Waals surface area contributed by atoms with Gasteiger partial charge < -0.3 is 12.4 Å². The number of hydrogen-bond acceptors (Lipinski definition) is 0. The topological polar surface area (TPSA) is 0 Å². The van der Waals surface area contributed by atoms with E-state index in [0.717, 1.165) is 0 Å². The summed E-state index contributed by atoms with van der Waals surface area (Å²) in [5.74, 6) is 1.24. The molecule has 0 bridgehead atoms. The molecule has 0 nitrogen and oxygen atoms in total. The van der Waals surface area contributed by atoms with Crippen LogP contribution in [0.2, 0.25) is 0 Å². The minimum absolute atomic E-state index is 0. The summed E-state index contributed by atoms with van der Waals surface area (Å²) in [6.45, 7) is 0. The van der Waals surface area contributed by atoms with Crippen molar-refractivity contribution in [3.63, 3.8) is 0 Å². The molecule has 222 valence electrons. The molecule has 0 aliphatic heterocycles. The second kappa shape index (κ2) is 15.4. The Morgan fingerprint density at radius 2 is 0.477 bits per heavy atom. The molecule has 0 aliphatic carbocycles. The Balaban J connectivity index is 0.000000576. The third kappa shape index (κ3) is 10.4. The molecule has 0 aliphatic rings. The maximum absolute atomic E-state index is 5.05. The molecule has 44 heavy (non-hydrogen) atoms. The van der Waals surface area contributed by atoms with Crippen molar-refractivity contribution in [2.45, 2.75) is 0 Å². The van der Waals surface area contributed by atoms with E-state index in [1.807, 2.05) is 0 Å². The fourth-order valence-electron chi connectivity index (χ4n) is 4.88. The van der Waals surface area contributed by atoms with Crippen molar-refractivity contribution in [3.8, 4) is 33.4 Å². The Bertz CT molecular complexity index is 1520. The quantitative estimate of drug-likeness (QED) is 0.0894. The second-order valence-electron chi connectivity index (χ2n) is 9.84. The molecule has 0 saturated heterocycles. The van der Waals surface area contributed by atoms with Gasteiger partial charge in [0.25, 0.3) is 0 Å². The fourth-order valence-corrected chi connectivity index (χ4v) is 4.88. The molecule has 0 fully saturated rings. The summed E-state index contributed by atoms with van der Waals surface area (Å²) in [4.78, 5) is 0. The first kappa shape index (κ1) is 34.6. The fraction of sp³-hybridized carbons (Fsp3) is 0. The molecule has 6 aromatic carbocycles. The smallest absolute Gasteiger partial charge is 0.0622 e. The number of benzene rings is 6. The van der Waals surface area contributed by atoms with Gasteiger partial charge in [0.1, 0.15) is 0 Å². The van der Waals surface area contributed by atoms with Gasteiger partial charge in [0.05, 0.1) is 22.6 Å². The number of hydrogen-bond donors (Lipinski definition) is 0. The molecule has 0 spiro atoms. The maximum atomic E-state index is 5.05. The Hall–Kier alpha value is -2.25. The molecule has 0 atom stereocenters. The molecule has 0 radical (unpaired) electrons. The zero-order valence-corrected chi connectivity index (χ0v) is 30.4. The van der Waals surface area contributed by atoms with Crippen molar-refractivity contribution in [1.29, 1.82) is 0 Å². The molecule has 7 heteroatoms. The van der Waals surface area contributed by atoms with Gasteiger partial charge in [-0.2, -0.15) is 0 Å². The zero-order chi connectivity index (χ0) is 30.3. The number of rotatable bonds is 6. The summed E-state index contributed by atoms with van der Waals surface area (Å²) in [5.41, 5.74) is 11.0. The monoisotopic (exact) mass is 802 g/mol. The van der Waals surface area contributed by atoms with E-state index in [-0.39, 0.29) is 12.4 Å². The molecular formula is C37H27Cl6Sb. The van der Waals surface area contributed by atoms with Gasteiger partial charge in [-0.1, -0.05) is 91.0 Å². The van der Waals surface area contributed by atoms with E-state index in [9.17, 15) is 0 Å². The number of halogens is 6. The van der Waals surface area contributed by atoms with E-state index in [0.29, 0.717) is 0 Å². The van der Waals surface area contributed by atoms with Gasteiger partial charge in [0.15, 0.2) is 0 Å². The van der Waals surface area contributed by atoms with Gasteiger partial charge in [0, 0.05) is 0 Å². The summed E-state index contributed by atoms with van der Waals surface area (Å²) >= 11 is -4.33. The molecule has 0 N–H and O–H groups in total. The summed E-state index contributed by atoms with van der Waals surface area (Å²) in [5, 5.41) is 0. The van der Waals surface area contributed by atoms with E-state index >= 15 is 0 Å². The van der Waals surface area contributed by atoms with Crippen molar-refractivity contribution in [2.24, 2.45) is 0 Å². The normalized spacial score (nSPS) is 11.6. The Morgan fingerprint density at radius 3 is 0.682 bits per heavy atom. The predicted octanol–water partition coefficient (Wildman–Crippen LogP) is 9.78. The largest absolute Gasteiger partial charge is 0.0631 e. The summed E-state index contributed by atoms with van der Waals surface area (Å²) in [7, 11) is 25.2. The zero-order valence-electron chi connectivity index (χ0n) is 23.3. The third-order valence-corrected chi connectivity index (χ3v) is 6.84. The Kier molecular flexibility index (Phi) is 12.1. The van der Waals surface area contributed by atoms with Gasteiger partial charge in [0.2, 0.25) is 0 Å². The standard InChI is InChI=1S/C37H27.6ClH.Sb/c1-4-10-28(11-5-1)31-16-22-34(23-17-31)37(35-24-18-32(19-25-35)29-12-6-2-7-13-29)36-26-20-33(21-27-36)30-14-8-3-9-15-30;;;;;;;/h1-27H;6*1H;/q+1;;;;;;;+5/p-6. The molecule has 0 unspecified atom stereocenters. The average Bonchev–Trinajstić information content (AvgIpc) is 3.02. The summed E-state index contributed by atoms with van der Waals surface area (Å²) in [6.07, 6.45) is 0. The van der Waals surface area contributed by atoms with Gasteiger partial charge in [-0.15, -0.1) is 0 Å². The minimum Gasteiger partial charge on any atom is -0.0622 e. The SMILES string of the molecule is [Cl-].[Cl][Sb]([Cl])([Cl])([Cl])[Cl].c1ccc(-c2ccc([C+](c3ccc(-c4ccccc4)cc3)c3ccc(-c4ccccc4)cc3)cc2)cc1. The molecule has 6 aromatic rings. The van der Waals surface area contributed by atoms with Crippen LogP contribution in [0.4, 0.5) is 0 Å². The van der Waals surface area contributed by atoms with E-state index in [1.54, 1.807) is 0 Å². The van der Waals surface area contributed by atoms with E-state index < -0.39 is 11.7 Å². The van der Waals surface area contributed by atoms with Crippen molar-refractivity contribution >= 4 is 55.8 Å². The maximum Gasteiger partial charge on any atom is 0.0631 e. The van der Waals surface area contributed by atoms with Crippen LogP contribution < -0.4 is 12.4 Å². The molecule has 0 amide bonds. The van der Waals surface area contributed by atoms with Crippen LogP contribution in [0.3, 0.4) is 0 Å². The average molecular weight is 806 g/mol.